The molecule has 5 nitrogen and oxygen atoms in total. The fraction of sp³-hybridized carbons (Fsp3) is 0.312. The molecule has 0 aliphatic carbocycles. The third-order valence-electron chi connectivity index (χ3n) is 3.60. The molecular formula is C16H18N4OS. The molecule has 1 aromatic carbocycles. The lowest BCUT2D eigenvalue weighted by Crippen LogP contribution is -2.21. The van der Waals surface area contributed by atoms with Crippen molar-refractivity contribution in [2.75, 3.05) is 6.26 Å². The van der Waals surface area contributed by atoms with Crippen LogP contribution in [0.5, 0.6) is 0 Å². The molecule has 114 valence electrons. The van der Waals surface area contributed by atoms with E-state index in [2.05, 4.69) is 16.1 Å². The fourth-order valence-corrected chi connectivity index (χ4v) is 3.08. The van der Waals surface area contributed by atoms with E-state index in [1.54, 1.807) is 33.5 Å². The molecule has 0 unspecified atom stereocenters. The van der Waals surface area contributed by atoms with Crippen molar-refractivity contribution in [3.63, 3.8) is 0 Å². The minimum atomic E-state index is -0.0483. The monoisotopic (exact) mass is 314 g/mol. The smallest absolute Gasteiger partial charge is 0.264 e. The fourth-order valence-electron chi connectivity index (χ4n) is 2.47. The van der Waals surface area contributed by atoms with Gasteiger partial charge in [-0.15, -0.1) is 11.8 Å². The van der Waals surface area contributed by atoms with E-state index in [1.807, 2.05) is 38.3 Å². The van der Waals surface area contributed by atoms with Crippen molar-refractivity contribution in [3.05, 3.63) is 52.7 Å². The van der Waals surface area contributed by atoms with Crippen molar-refractivity contribution in [2.24, 2.45) is 0 Å². The zero-order valence-electron chi connectivity index (χ0n) is 12.9. The van der Waals surface area contributed by atoms with Gasteiger partial charge in [-0.2, -0.15) is 5.10 Å². The second kappa shape index (κ2) is 5.96. The number of rotatable bonds is 4. The predicted molar refractivity (Wildman–Crippen MR) is 89.5 cm³/mol. The third kappa shape index (κ3) is 2.54. The highest BCUT2D eigenvalue weighted by Crippen LogP contribution is 2.20. The summed E-state index contributed by atoms with van der Waals surface area (Å²) in [5, 5.41) is 4.84. The molecule has 0 amide bonds. The molecule has 0 aliphatic rings. The molecule has 22 heavy (non-hydrogen) atoms. The summed E-state index contributed by atoms with van der Waals surface area (Å²) in [6, 6.07) is 8.28. The predicted octanol–water partition coefficient (Wildman–Crippen LogP) is 2.94. The Hall–Kier alpha value is -2.08. The second-order valence-corrected chi connectivity index (χ2v) is 6.26. The van der Waals surface area contributed by atoms with Gasteiger partial charge >= 0.3 is 0 Å². The molecule has 0 saturated carbocycles. The molecule has 0 radical (unpaired) electrons. The molecule has 0 fully saturated rings. The van der Waals surface area contributed by atoms with Crippen molar-refractivity contribution in [3.8, 4) is 0 Å². The minimum Gasteiger partial charge on any atom is -0.294 e. The van der Waals surface area contributed by atoms with E-state index in [-0.39, 0.29) is 11.6 Å². The van der Waals surface area contributed by atoms with Gasteiger partial charge in [0, 0.05) is 10.9 Å². The van der Waals surface area contributed by atoms with Crippen LogP contribution in [0.3, 0.4) is 0 Å². The van der Waals surface area contributed by atoms with Crippen molar-refractivity contribution in [1.82, 2.24) is 19.3 Å². The maximum absolute atomic E-state index is 12.6. The summed E-state index contributed by atoms with van der Waals surface area (Å²) in [6.45, 7) is 4.56. The highest BCUT2D eigenvalue weighted by atomic mass is 32.2. The van der Waals surface area contributed by atoms with Crippen LogP contribution in [0, 0.1) is 0 Å². The zero-order chi connectivity index (χ0) is 15.7. The summed E-state index contributed by atoms with van der Waals surface area (Å²) in [6.07, 6.45) is 5.26. The molecule has 0 N–H and O–H groups in total. The second-order valence-electron chi connectivity index (χ2n) is 5.41. The van der Waals surface area contributed by atoms with Crippen LogP contribution in [-0.4, -0.2) is 25.6 Å². The van der Waals surface area contributed by atoms with Crippen LogP contribution >= 0.6 is 11.8 Å². The Labute approximate surface area is 133 Å². The molecule has 0 saturated heterocycles. The van der Waals surface area contributed by atoms with Crippen LogP contribution in [0.4, 0.5) is 0 Å². The quantitative estimate of drug-likeness (QED) is 0.695. The molecule has 6 heteroatoms. The number of fused-ring (bicyclic) bond motifs is 1. The van der Waals surface area contributed by atoms with Gasteiger partial charge in [0.2, 0.25) is 0 Å². The van der Waals surface area contributed by atoms with E-state index in [0.717, 1.165) is 5.56 Å². The summed E-state index contributed by atoms with van der Waals surface area (Å²) in [7, 11) is 0. The lowest BCUT2D eigenvalue weighted by molar-refractivity contribution is 0.545. The summed E-state index contributed by atoms with van der Waals surface area (Å²) in [5.74, 6) is 0. The highest BCUT2D eigenvalue weighted by Gasteiger charge is 2.12. The van der Waals surface area contributed by atoms with E-state index in [0.29, 0.717) is 17.6 Å². The molecule has 0 atom stereocenters. The Morgan fingerprint density at radius 1 is 1.27 bits per heavy atom. The van der Waals surface area contributed by atoms with Gasteiger partial charge in [-0.3, -0.25) is 9.36 Å². The first-order valence-corrected chi connectivity index (χ1v) is 8.39. The van der Waals surface area contributed by atoms with Crippen LogP contribution in [0.2, 0.25) is 0 Å². The van der Waals surface area contributed by atoms with Crippen molar-refractivity contribution < 1.29 is 0 Å². The summed E-state index contributed by atoms with van der Waals surface area (Å²) in [4.78, 5) is 18.2. The lowest BCUT2D eigenvalue weighted by atomic mass is 10.2. The van der Waals surface area contributed by atoms with Gasteiger partial charge < -0.3 is 0 Å². The minimum absolute atomic E-state index is 0.0483. The van der Waals surface area contributed by atoms with Crippen LogP contribution < -0.4 is 5.56 Å². The number of benzene rings is 1. The standard InChI is InChI=1S/C16H18N4OS/c1-11(2)20-15-13(8-18-20)16(21)19(10-17-15)9-12-6-4-5-7-14(12)22-3/h4-8,10-11H,9H2,1-3H3. The number of hydrogen-bond donors (Lipinski definition) is 0. The summed E-state index contributed by atoms with van der Waals surface area (Å²) in [5.41, 5.74) is 1.72. The average Bonchev–Trinajstić information content (AvgIpc) is 2.95. The molecule has 3 rings (SSSR count). The van der Waals surface area contributed by atoms with Crippen molar-refractivity contribution in [1.29, 1.82) is 0 Å². The molecule has 2 aromatic heterocycles. The molecular weight excluding hydrogens is 296 g/mol. The Bertz CT molecular complexity index is 866. The number of aromatic nitrogens is 4. The first-order valence-electron chi connectivity index (χ1n) is 7.16. The van der Waals surface area contributed by atoms with E-state index in [9.17, 15) is 4.79 Å². The Kier molecular flexibility index (Phi) is 4.02. The third-order valence-corrected chi connectivity index (χ3v) is 4.44. The first kappa shape index (κ1) is 14.8. The Morgan fingerprint density at radius 3 is 2.77 bits per heavy atom. The molecule has 0 aliphatic heterocycles. The Balaban J connectivity index is 2.06. The van der Waals surface area contributed by atoms with Crippen LogP contribution in [0.1, 0.15) is 25.5 Å². The van der Waals surface area contributed by atoms with E-state index in [1.165, 1.54) is 4.90 Å². The Morgan fingerprint density at radius 2 is 2.05 bits per heavy atom. The van der Waals surface area contributed by atoms with Crippen LogP contribution in [0.15, 0.2) is 46.5 Å². The van der Waals surface area contributed by atoms with Gasteiger partial charge in [0.1, 0.15) is 11.7 Å². The van der Waals surface area contributed by atoms with Gasteiger partial charge in [0.05, 0.1) is 12.7 Å². The van der Waals surface area contributed by atoms with Gasteiger partial charge in [-0.1, -0.05) is 18.2 Å². The first-order chi connectivity index (χ1) is 10.6. The maximum Gasteiger partial charge on any atom is 0.264 e. The SMILES string of the molecule is CSc1ccccc1Cn1cnc2c(cnn2C(C)C)c1=O. The van der Waals surface area contributed by atoms with Gasteiger partial charge in [-0.05, 0) is 31.7 Å². The van der Waals surface area contributed by atoms with E-state index >= 15 is 0 Å². The summed E-state index contributed by atoms with van der Waals surface area (Å²) < 4.78 is 3.42. The van der Waals surface area contributed by atoms with Gasteiger partial charge in [0.15, 0.2) is 5.65 Å². The number of thioether (sulfide) groups is 1. The van der Waals surface area contributed by atoms with Crippen molar-refractivity contribution in [2.45, 2.75) is 31.3 Å². The van der Waals surface area contributed by atoms with Crippen molar-refractivity contribution >= 4 is 22.8 Å². The average molecular weight is 314 g/mol. The molecule has 0 bridgehead atoms. The zero-order valence-corrected chi connectivity index (χ0v) is 13.7. The number of hydrogen-bond acceptors (Lipinski definition) is 4. The van der Waals surface area contributed by atoms with E-state index < -0.39 is 0 Å². The summed E-state index contributed by atoms with van der Waals surface area (Å²) >= 11 is 1.68. The highest BCUT2D eigenvalue weighted by molar-refractivity contribution is 7.98. The molecule has 3 aromatic rings. The van der Waals surface area contributed by atoms with E-state index in [4.69, 9.17) is 0 Å². The van der Waals surface area contributed by atoms with Gasteiger partial charge in [0.25, 0.3) is 5.56 Å². The number of nitrogens with zero attached hydrogens (tertiary/aromatic N) is 4. The molecule has 2 heterocycles. The molecule has 0 spiro atoms. The largest absolute Gasteiger partial charge is 0.294 e. The van der Waals surface area contributed by atoms with Crippen LogP contribution in [0.25, 0.3) is 11.0 Å². The topological polar surface area (TPSA) is 52.7 Å². The lowest BCUT2D eigenvalue weighted by Gasteiger charge is -2.10. The van der Waals surface area contributed by atoms with Gasteiger partial charge in [-0.25, -0.2) is 9.67 Å². The normalized spacial score (nSPS) is 11.5. The maximum atomic E-state index is 12.6. The van der Waals surface area contributed by atoms with Crippen LogP contribution in [-0.2, 0) is 6.54 Å².